The summed E-state index contributed by atoms with van der Waals surface area (Å²) in [5.74, 6) is 0.592. The number of morpholine rings is 1. The molecule has 1 fully saturated rings. The van der Waals surface area contributed by atoms with E-state index in [0.717, 1.165) is 56.4 Å². The minimum atomic E-state index is -0.0752. The number of hydrogen-bond donors (Lipinski definition) is 4. The lowest BCUT2D eigenvalue weighted by Gasteiger charge is -2.26. The highest BCUT2D eigenvalue weighted by Gasteiger charge is 2.13. The van der Waals surface area contributed by atoms with Gasteiger partial charge in [-0.2, -0.15) is 0 Å². The fourth-order valence-corrected chi connectivity index (χ4v) is 4.33. The van der Waals surface area contributed by atoms with Gasteiger partial charge in [-0.15, -0.1) is 0 Å². The molecule has 10 heteroatoms. The maximum Gasteiger partial charge on any atom is 0.201 e. The van der Waals surface area contributed by atoms with Crippen molar-refractivity contribution >= 4 is 60.7 Å². The van der Waals surface area contributed by atoms with Crippen molar-refractivity contribution in [2.75, 3.05) is 44.7 Å². The number of imidazole rings is 1. The lowest BCUT2D eigenvalue weighted by molar-refractivity contribution is 0.0398. The zero-order valence-corrected chi connectivity index (χ0v) is 19.2. The second-order valence-electron chi connectivity index (χ2n) is 6.88. The third-order valence-electron chi connectivity index (χ3n) is 4.84. The molecule has 0 radical (unpaired) electrons. The average Bonchev–Trinajstić information content (AvgIpc) is 3.16. The van der Waals surface area contributed by atoms with E-state index in [9.17, 15) is 10.2 Å². The topological polar surface area (TPSA) is 106 Å². The molecule has 0 unspecified atom stereocenters. The Morgan fingerprint density at radius 2 is 2.00 bits per heavy atom. The van der Waals surface area contributed by atoms with Crippen LogP contribution in [0.25, 0.3) is 11.0 Å². The minimum Gasteiger partial charge on any atom is -0.506 e. The van der Waals surface area contributed by atoms with Crippen molar-refractivity contribution in [1.82, 2.24) is 14.9 Å². The van der Waals surface area contributed by atoms with Crippen LogP contribution in [-0.4, -0.2) is 70.7 Å². The van der Waals surface area contributed by atoms with Gasteiger partial charge in [-0.3, -0.25) is 9.89 Å². The largest absolute Gasteiger partial charge is 0.506 e. The van der Waals surface area contributed by atoms with Crippen LogP contribution in [0, 0.1) is 0 Å². The van der Waals surface area contributed by atoms with Crippen LogP contribution in [-0.2, 0) is 4.74 Å². The summed E-state index contributed by atoms with van der Waals surface area (Å²) >= 11 is 6.42. The van der Waals surface area contributed by atoms with Crippen LogP contribution in [0.3, 0.4) is 0 Å². The molecule has 2 aromatic carbocycles. The molecule has 158 valence electrons. The minimum absolute atomic E-state index is 0.0582. The van der Waals surface area contributed by atoms with Crippen molar-refractivity contribution in [1.29, 1.82) is 0 Å². The maximum atomic E-state index is 10.2. The van der Waals surface area contributed by atoms with Gasteiger partial charge in [0, 0.05) is 38.0 Å². The second kappa shape index (κ2) is 9.34. The Hall–Kier alpha value is -2.14. The molecule has 1 aliphatic heterocycles. The Bertz CT molecular complexity index is 1080. The summed E-state index contributed by atoms with van der Waals surface area (Å²) in [6, 6.07) is 7.25. The van der Waals surface area contributed by atoms with E-state index < -0.39 is 0 Å². The van der Waals surface area contributed by atoms with E-state index in [1.165, 1.54) is 0 Å². The van der Waals surface area contributed by atoms with E-state index in [0.29, 0.717) is 15.7 Å². The molecule has 4 N–H and O–H groups in total. The van der Waals surface area contributed by atoms with Crippen LogP contribution < -0.4 is 5.32 Å². The van der Waals surface area contributed by atoms with Gasteiger partial charge < -0.3 is 25.3 Å². The van der Waals surface area contributed by atoms with Gasteiger partial charge in [-0.1, -0.05) is 0 Å². The zero-order chi connectivity index (χ0) is 21.1. The molecule has 0 aliphatic carbocycles. The van der Waals surface area contributed by atoms with Crippen LogP contribution in [0.4, 0.5) is 11.6 Å². The lowest BCUT2D eigenvalue weighted by atomic mass is 10.2. The third-order valence-corrected chi connectivity index (χ3v) is 6.20. The SMILES string of the molecule is Oc1c(Br)cc(C=Nc2ccc3nc(NCCN4CCOCC4)[nH]c3c2)c(O)c1Br. The Morgan fingerprint density at radius 1 is 1.20 bits per heavy atom. The molecular weight excluding hydrogens is 518 g/mol. The first kappa shape index (κ1) is 21.1. The van der Waals surface area contributed by atoms with E-state index in [-0.39, 0.29) is 16.0 Å². The number of benzene rings is 2. The molecule has 4 rings (SSSR count). The van der Waals surface area contributed by atoms with E-state index in [1.54, 1.807) is 12.3 Å². The standard InChI is InChI=1S/C20H21Br2N5O3/c21-14-9-12(18(28)17(22)19(14)29)11-24-13-1-2-15-16(10-13)26-20(25-15)23-3-4-27-5-7-30-8-6-27/h1-2,9-11,28-29H,3-8H2,(H2,23,25,26). The van der Waals surface area contributed by atoms with Crippen molar-refractivity contribution in [3.63, 3.8) is 0 Å². The molecule has 1 aliphatic rings. The van der Waals surface area contributed by atoms with Gasteiger partial charge in [0.25, 0.3) is 0 Å². The van der Waals surface area contributed by atoms with E-state index in [4.69, 9.17) is 4.74 Å². The van der Waals surface area contributed by atoms with E-state index in [1.807, 2.05) is 18.2 Å². The maximum absolute atomic E-state index is 10.2. The summed E-state index contributed by atoms with van der Waals surface area (Å²) in [5, 5.41) is 23.3. The van der Waals surface area contributed by atoms with Crippen molar-refractivity contribution in [3.05, 3.63) is 38.8 Å². The smallest absolute Gasteiger partial charge is 0.201 e. The molecule has 0 bridgehead atoms. The molecule has 0 atom stereocenters. The summed E-state index contributed by atoms with van der Waals surface area (Å²) in [5.41, 5.74) is 2.91. The number of ether oxygens (including phenoxy) is 1. The Morgan fingerprint density at radius 3 is 2.80 bits per heavy atom. The molecule has 3 aromatic rings. The third kappa shape index (κ3) is 4.77. The summed E-state index contributed by atoms with van der Waals surface area (Å²) in [6.45, 7) is 5.26. The highest BCUT2D eigenvalue weighted by Crippen LogP contribution is 2.40. The van der Waals surface area contributed by atoms with Crippen molar-refractivity contribution in [3.8, 4) is 11.5 Å². The van der Waals surface area contributed by atoms with Crippen LogP contribution in [0.15, 0.2) is 38.2 Å². The quantitative estimate of drug-likeness (QED) is 0.353. The number of rotatable bonds is 6. The first-order chi connectivity index (χ1) is 14.5. The number of halogens is 2. The first-order valence-electron chi connectivity index (χ1n) is 9.49. The molecule has 1 saturated heterocycles. The Labute approximate surface area is 190 Å². The molecule has 0 spiro atoms. The number of anilines is 1. The van der Waals surface area contributed by atoms with Crippen LogP contribution in [0.2, 0.25) is 0 Å². The van der Waals surface area contributed by atoms with E-state index >= 15 is 0 Å². The number of nitrogens with zero attached hydrogens (tertiary/aromatic N) is 3. The lowest BCUT2D eigenvalue weighted by Crippen LogP contribution is -2.39. The van der Waals surface area contributed by atoms with E-state index in [2.05, 4.69) is 57.0 Å². The number of aromatic hydroxyl groups is 2. The number of nitrogens with one attached hydrogen (secondary N) is 2. The molecule has 1 aromatic heterocycles. The number of phenolic OH excluding ortho intramolecular Hbond substituents is 2. The number of phenols is 2. The normalized spacial score (nSPS) is 15.3. The van der Waals surface area contributed by atoms with Crippen molar-refractivity contribution in [2.24, 2.45) is 4.99 Å². The molecule has 0 amide bonds. The molecule has 0 saturated carbocycles. The van der Waals surface area contributed by atoms with Gasteiger partial charge in [-0.25, -0.2) is 4.98 Å². The fraction of sp³-hybridized carbons (Fsp3) is 0.300. The fourth-order valence-electron chi connectivity index (χ4n) is 3.18. The van der Waals surface area contributed by atoms with Gasteiger partial charge in [0.05, 0.1) is 34.4 Å². The molecule has 8 nitrogen and oxygen atoms in total. The highest BCUT2D eigenvalue weighted by molar-refractivity contribution is 9.11. The molecule has 2 heterocycles. The monoisotopic (exact) mass is 537 g/mol. The first-order valence-corrected chi connectivity index (χ1v) is 11.1. The summed E-state index contributed by atoms with van der Waals surface area (Å²) in [6.07, 6.45) is 1.54. The van der Waals surface area contributed by atoms with Gasteiger partial charge in [-0.05, 0) is 56.1 Å². The van der Waals surface area contributed by atoms with Crippen LogP contribution >= 0.6 is 31.9 Å². The van der Waals surface area contributed by atoms with Gasteiger partial charge >= 0.3 is 0 Å². The second-order valence-corrected chi connectivity index (χ2v) is 8.53. The summed E-state index contributed by atoms with van der Waals surface area (Å²) in [4.78, 5) is 14.6. The summed E-state index contributed by atoms with van der Waals surface area (Å²) in [7, 11) is 0. The number of aliphatic imine (C=N–C) groups is 1. The number of fused-ring (bicyclic) bond motifs is 1. The summed E-state index contributed by atoms with van der Waals surface area (Å²) < 4.78 is 6.05. The zero-order valence-electron chi connectivity index (χ0n) is 16.0. The van der Waals surface area contributed by atoms with Crippen molar-refractivity contribution in [2.45, 2.75) is 0 Å². The molecular formula is C20H21Br2N5O3. The predicted octanol–water partition coefficient (Wildman–Crippen LogP) is 3.99. The number of aromatic amines is 1. The van der Waals surface area contributed by atoms with Crippen LogP contribution in [0.1, 0.15) is 5.56 Å². The Kier molecular flexibility index (Phi) is 6.57. The van der Waals surface area contributed by atoms with Crippen molar-refractivity contribution < 1.29 is 14.9 Å². The predicted molar refractivity (Wildman–Crippen MR) is 124 cm³/mol. The number of hydrogen-bond acceptors (Lipinski definition) is 7. The van der Waals surface area contributed by atoms with Gasteiger partial charge in [0.15, 0.2) is 0 Å². The number of H-pyrrole nitrogens is 1. The highest BCUT2D eigenvalue weighted by atomic mass is 79.9. The molecule has 30 heavy (non-hydrogen) atoms. The average molecular weight is 539 g/mol. The Balaban J connectivity index is 1.44. The van der Waals surface area contributed by atoms with Gasteiger partial charge in [0.1, 0.15) is 16.0 Å². The van der Waals surface area contributed by atoms with Gasteiger partial charge in [0.2, 0.25) is 5.95 Å². The number of aromatic nitrogens is 2. The van der Waals surface area contributed by atoms with Crippen LogP contribution in [0.5, 0.6) is 11.5 Å².